The number of hydrogen-bond donors (Lipinski definition) is 1. The second-order valence-corrected chi connectivity index (χ2v) is 5.67. The molecule has 0 aliphatic heterocycles. The molecule has 23 heavy (non-hydrogen) atoms. The highest BCUT2D eigenvalue weighted by atomic mass is 35.5. The first kappa shape index (κ1) is 17.1. The molecule has 0 saturated carbocycles. The number of carbonyl (C=O) groups excluding carboxylic acids is 2. The number of rotatable bonds is 5. The number of methoxy groups -OCH3 is 1. The molecule has 1 aromatic heterocycles. The van der Waals surface area contributed by atoms with Crippen LogP contribution in [0.4, 0.5) is 0 Å². The van der Waals surface area contributed by atoms with E-state index in [1.807, 2.05) is 13.0 Å². The first-order chi connectivity index (χ1) is 10.8. The second-order valence-electron chi connectivity index (χ2n) is 5.26. The predicted molar refractivity (Wildman–Crippen MR) is 87.6 cm³/mol. The molecule has 0 amide bonds. The number of Topliss-reactive ketones (excluding diaryl/α,β-unsaturated/α-hetero) is 1. The lowest BCUT2D eigenvalue weighted by Crippen LogP contribution is -2.14. The largest absolute Gasteiger partial charge is 0.484 e. The van der Waals surface area contributed by atoms with E-state index in [0.29, 0.717) is 33.3 Å². The van der Waals surface area contributed by atoms with Crippen LogP contribution in [0.3, 0.4) is 0 Å². The van der Waals surface area contributed by atoms with E-state index in [0.717, 1.165) is 5.56 Å². The van der Waals surface area contributed by atoms with E-state index >= 15 is 0 Å². The van der Waals surface area contributed by atoms with Crippen molar-refractivity contribution in [1.82, 2.24) is 4.98 Å². The molecule has 6 heteroatoms. The molecule has 2 rings (SSSR count). The molecule has 1 N–H and O–H groups in total. The lowest BCUT2D eigenvalue weighted by molar-refractivity contribution is 0.0599. The van der Waals surface area contributed by atoms with Gasteiger partial charge in [0.15, 0.2) is 6.61 Å². The van der Waals surface area contributed by atoms with Gasteiger partial charge in [0.2, 0.25) is 5.78 Å². The maximum Gasteiger partial charge on any atom is 0.339 e. The van der Waals surface area contributed by atoms with Crippen LogP contribution in [0.2, 0.25) is 5.02 Å². The number of nitrogens with one attached hydrogen (secondary N) is 1. The van der Waals surface area contributed by atoms with Gasteiger partial charge in [0, 0.05) is 5.69 Å². The van der Waals surface area contributed by atoms with Crippen LogP contribution in [0.15, 0.2) is 18.2 Å². The molecule has 122 valence electrons. The fourth-order valence-electron chi connectivity index (χ4n) is 2.37. The normalized spacial score (nSPS) is 10.5. The Morgan fingerprint density at radius 3 is 2.57 bits per heavy atom. The van der Waals surface area contributed by atoms with Gasteiger partial charge in [-0.15, -0.1) is 0 Å². The number of halogens is 1. The van der Waals surface area contributed by atoms with Crippen molar-refractivity contribution in [1.29, 1.82) is 0 Å². The van der Waals surface area contributed by atoms with E-state index in [1.165, 1.54) is 7.11 Å². The SMILES string of the molecule is COC(=O)c1c(C)[nH]c(C(=O)COc2cc(C)ccc2Cl)c1C. The Labute approximate surface area is 139 Å². The Morgan fingerprint density at radius 1 is 1.22 bits per heavy atom. The molecule has 0 atom stereocenters. The molecule has 0 unspecified atom stereocenters. The van der Waals surface area contributed by atoms with Crippen molar-refractivity contribution >= 4 is 23.4 Å². The smallest absolute Gasteiger partial charge is 0.339 e. The van der Waals surface area contributed by atoms with Gasteiger partial charge in [-0.3, -0.25) is 4.79 Å². The number of aromatic nitrogens is 1. The Hall–Kier alpha value is -2.27. The van der Waals surface area contributed by atoms with Crippen molar-refractivity contribution in [2.75, 3.05) is 13.7 Å². The summed E-state index contributed by atoms with van der Waals surface area (Å²) in [6.45, 7) is 5.15. The summed E-state index contributed by atoms with van der Waals surface area (Å²) in [5.41, 5.74) is 2.84. The van der Waals surface area contributed by atoms with Crippen molar-refractivity contribution in [3.05, 3.63) is 51.3 Å². The molecule has 5 nitrogen and oxygen atoms in total. The third-order valence-electron chi connectivity index (χ3n) is 3.55. The minimum atomic E-state index is -0.474. The van der Waals surface area contributed by atoms with E-state index in [9.17, 15) is 9.59 Å². The van der Waals surface area contributed by atoms with Gasteiger partial charge in [0.05, 0.1) is 23.4 Å². The molecular weight excluding hydrogens is 318 g/mol. The van der Waals surface area contributed by atoms with Crippen LogP contribution in [0.1, 0.15) is 37.7 Å². The van der Waals surface area contributed by atoms with E-state index in [-0.39, 0.29) is 12.4 Å². The zero-order valence-electron chi connectivity index (χ0n) is 13.5. The maximum atomic E-state index is 12.4. The minimum absolute atomic E-state index is 0.176. The first-order valence-electron chi connectivity index (χ1n) is 7.04. The van der Waals surface area contributed by atoms with E-state index in [2.05, 4.69) is 4.98 Å². The number of ketones is 1. The van der Waals surface area contributed by atoms with E-state index in [1.54, 1.807) is 26.0 Å². The quantitative estimate of drug-likeness (QED) is 0.669. The first-order valence-corrected chi connectivity index (χ1v) is 7.42. The predicted octanol–water partition coefficient (Wildman–Crippen LogP) is 3.64. The molecule has 1 heterocycles. The van der Waals surface area contributed by atoms with Crippen molar-refractivity contribution in [3.63, 3.8) is 0 Å². The van der Waals surface area contributed by atoms with Gasteiger partial charge in [-0.05, 0) is 44.0 Å². The summed E-state index contributed by atoms with van der Waals surface area (Å²) in [6, 6.07) is 5.34. The summed E-state index contributed by atoms with van der Waals surface area (Å²) in [5, 5.41) is 0.443. The number of carbonyl (C=O) groups is 2. The standard InChI is InChI=1S/C17H18ClNO4/c1-9-5-6-12(18)14(7-9)23-8-13(20)16-10(2)15(11(3)19-16)17(21)22-4/h5-7,19H,8H2,1-4H3. The summed E-state index contributed by atoms with van der Waals surface area (Å²) < 4.78 is 10.2. The Balaban J connectivity index is 2.19. The third kappa shape index (κ3) is 3.56. The summed E-state index contributed by atoms with van der Waals surface area (Å²) in [7, 11) is 1.30. The Kier molecular flexibility index (Phi) is 5.11. The van der Waals surface area contributed by atoms with Gasteiger partial charge in [-0.25, -0.2) is 4.79 Å². The topological polar surface area (TPSA) is 68.4 Å². The van der Waals surface area contributed by atoms with Crippen molar-refractivity contribution in [3.8, 4) is 5.75 Å². The van der Waals surface area contributed by atoms with Gasteiger partial charge >= 0.3 is 5.97 Å². The Bertz CT molecular complexity index is 764. The zero-order chi connectivity index (χ0) is 17.1. The number of aromatic amines is 1. The van der Waals surface area contributed by atoms with Crippen molar-refractivity contribution in [2.24, 2.45) is 0 Å². The Morgan fingerprint density at radius 2 is 1.91 bits per heavy atom. The molecule has 0 aliphatic rings. The third-order valence-corrected chi connectivity index (χ3v) is 3.86. The van der Waals surface area contributed by atoms with Crippen LogP contribution in [0, 0.1) is 20.8 Å². The highest BCUT2D eigenvalue weighted by Gasteiger charge is 2.22. The van der Waals surface area contributed by atoms with Crippen LogP contribution >= 0.6 is 11.6 Å². The monoisotopic (exact) mass is 335 g/mol. The molecule has 0 spiro atoms. The lowest BCUT2D eigenvalue weighted by Gasteiger charge is -2.08. The zero-order valence-corrected chi connectivity index (χ0v) is 14.2. The average Bonchev–Trinajstić information content (AvgIpc) is 2.82. The fraction of sp³-hybridized carbons (Fsp3) is 0.294. The number of esters is 1. The highest BCUT2D eigenvalue weighted by Crippen LogP contribution is 2.26. The summed E-state index contributed by atoms with van der Waals surface area (Å²) in [6.07, 6.45) is 0. The molecule has 0 radical (unpaired) electrons. The van der Waals surface area contributed by atoms with Gasteiger partial charge < -0.3 is 14.5 Å². The van der Waals surface area contributed by atoms with E-state index < -0.39 is 5.97 Å². The summed E-state index contributed by atoms with van der Waals surface area (Å²) in [5.74, 6) is -0.287. The van der Waals surface area contributed by atoms with Crippen LogP contribution in [-0.4, -0.2) is 30.5 Å². The molecule has 0 fully saturated rings. The van der Waals surface area contributed by atoms with Crippen LogP contribution in [0.5, 0.6) is 5.75 Å². The van der Waals surface area contributed by atoms with Crippen LogP contribution in [0.25, 0.3) is 0 Å². The number of hydrogen-bond acceptors (Lipinski definition) is 4. The van der Waals surface area contributed by atoms with Gasteiger partial charge in [0.1, 0.15) is 5.75 Å². The van der Waals surface area contributed by atoms with Crippen LogP contribution in [-0.2, 0) is 4.74 Å². The van der Waals surface area contributed by atoms with Crippen molar-refractivity contribution in [2.45, 2.75) is 20.8 Å². The average molecular weight is 336 g/mol. The van der Waals surface area contributed by atoms with E-state index in [4.69, 9.17) is 21.1 Å². The van der Waals surface area contributed by atoms with Crippen molar-refractivity contribution < 1.29 is 19.1 Å². The summed E-state index contributed by atoms with van der Waals surface area (Å²) in [4.78, 5) is 27.0. The molecule has 1 aromatic carbocycles. The maximum absolute atomic E-state index is 12.4. The molecule has 0 bridgehead atoms. The number of aryl methyl sites for hydroxylation is 2. The van der Waals surface area contributed by atoms with Gasteiger partial charge in [-0.2, -0.15) is 0 Å². The molecular formula is C17H18ClNO4. The van der Waals surface area contributed by atoms with Gasteiger partial charge in [0.25, 0.3) is 0 Å². The molecule has 0 aliphatic carbocycles. The summed E-state index contributed by atoms with van der Waals surface area (Å²) >= 11 is 6.04. The number of ether oxygens (including phenoxy) is 2. The minimum Gasteiger partial charge on any atom is -0.484 e. The second kappa shape index (κ2) is 6.87. The molecule has 0 saturated heterocycles. The lowest BCUT2D eigenvalue weighted by atomic mass is 10.1. The number of H-pyrrole nitrogens is 1. The molecule has 2 aromatic rings. The fourth-order valence-corrected chi connectivity index (χ4v) is 2.55. The van der Waals surface area contributed by atoms with Crippen LogP contribution < -0.4 is 4.74 Å². The van der Waals surface area contributed by atoms with Gasteiger partial charge in [-0.1, -0.05) is 17.7 Å². The highest BCUT2D eigenvalue weighted by molar-refractivity contribution is 6.32. The number of benzene rings is 1.